The Balaban J connectivity index is 0. The van der Waals surface area contributed by atoms with Gasteiger partial charge in [0.05, 0.1) is 0 Å². The largest absolute Gasteiger partial charge is 0.103 e. The van der Waals surface area contributed by atoms with Gasteiger partial charge in [0.25, 0.3) is 0 Å². The summed E-state index contributed by atoms with van der Waals surface area (Å²) >= 11 is 0. The quantitative estimate of drug-likeness (QED) is 0.496. The molecule has 0 bridgehead atoms. The smallest absolute Gasteiger partial charge is 0 e. The Morgan fingerprint density at radius 3 is 2.55 bits per heavy atom. The molecule has 0 spiro atoms. The molecule has 1 rings (SSSR count). The fourth-order valence-electron chi connectivity index (χ4n) is 0.930. The molecule has 0 saturated heterocycles. The summed E-state index contributed by atoms with van der Waals surface area (Å²) in [6, 6.07) is 0. The summed E-state index contributed by atoms with van der Waals surface area (Å²) < 4.78 is 0. The maximum Gasteiger partial charge on any atom is 0 e. The van der Waals surface area contributed by atoms with Crippen LogP contribution < -0.4 is 0 Å². The Hall–Kier alpha value is -0.780. The second kappa shape index (κ2) is 7.33. The van der Waals surface area contributed by atoms with E-state index in [2.05, 4.69) is 31.7 Å². The van der Waals surface area contributed by atoms with Crippen LogP contribution >= 0.6 is 0 Å². The van der Waals surface area contributed by atoms with E-state index < -0.39 is 0 Å². The first-order chi connectivity index (χ1) is 5.35. The van der Waals surface area contributed by atoms with E-state index in [0.29, 0.717) is 0 Å². The molecule has 0 nitrogen and oxygen atoms in total. The average molecular weight is 152 g/mol. The molecule has 0 aromatic carbocycles. The van der Waals surface area contributed by atoms with Crippen molar-refractivity contribution in [1.82, 2.24) is 0 Å². The summed E-state index contributed by atoms with van der Waals surface area (Å²) in [6.07, 6.45) is 12.2. The SMILES string of the molecule is C=CC.CCC1=CCCC=C1.[HH]. The fourth-order valence-corrected chi connectivity index (χ4v) is 0.930. The standard InChI is InChI=1S/C8H12.C3H6.H2/c1-2-8-6-4-3-5-7-8;1-3-2;/h4,6-7H,2-3,5H2,1H3;3H,1H2,2H3;1H. The van der Waals surface area contributed by atoms with Crippen molar-refractivity contribution in [2.45, 2.75) is 33.1 Å². The lowest BCUT2D eigenvalue weighted by atomic mass is 10.1. The van der Waals surface area contributed by atoms with Crippen LogP contribution in [0.1, 0.15) is 34.5 Å². The minimum Gasteiger partial charge on any atom is -0.103 e. The molecule has 0 heterocycles. The first-order valence-corrected chi connectivity index (χ1v) is 4.27. The van der Waals surface area contributed by atoms with Gasteiger partial charge in [-0.25, -0.2) is 0 Å². The van der Waals surface area contributed by atoms with Gasteiger partial charge in [0.1, 0.15) is 0 Å². The Labute approximate surface area is 71.8 Å². The van der Waals surface area contributed by atoms with Crippen molar-refractivity contribution < 1.29 is 1.43 Å². The highest BCUT2D eigenvalue weighted by Gasteiger charge is 1.90. The molecular formula is C11H20. The Kier molecular flexibility index (Phi) is 6.81. The van der Waals surface area contributed by atoms with Gasteiger partial charge in [0.2, 0.25) is 0 Å². The zero-order valence-electron chi connectivity index (χ0n) is 7.64. The van der Waals surface area contributed by atoms with Crippen molar-refractivity contribution in [3.8, 4) is 0 Å². The Bertz CT molecular complexity index is 154. The zero-order chi connectivity index (χ0) is 8.53. The van der Waals surface area contributed by atoms with Gasteiger partial charge in [-0.2, -0.15) is 0 Å². The molecule has 0 amide bonds. The Morgan fingerprint density at radius 2 is 2.27 bits per heavy atom. The molecule has 0 unspecified atom stereocenters. The van der Waals surface area contributed by atoms with Gasteiger partial charge >= 0.3 is 0 Å². The zero-order valence-corrected chi connectivity index (χ0v) is 7.64. The van der Waals surface area contributed by atoms with Crippen molar-refractivity contribution in [3.63, 3.8) is 0 Å². The van der Waals surface area contributed by atoms with Gasteiger partial charge in [-0.1, -0.05) is 36.8 Å². The van der Waals surface area contributed by atoms with Crippen LogP contribution in [0.15, 0.2) is 36.5 Å². The molecule has 0 N–H and O–H groups in total. The predicted molar refractivity (Wildman–Crippen MR) is 54.7 cm³/mol. The van der Waals surface area contributed by atoms with Crippen LogP contribution in [0.2, 0.25) is 0 Å². The highest BCUT2D eigenvalue weighted by atomic mass is 14.0. The topological polar surface area (TPSA) is 0 Å². The minimum absolute atomic E-state index is 0. The molecule has 0 heteroatoms. The molecule has 0 aliphatic heterocycles. The third-order valence-corrected chi connectivity index (χ3v) is 1.48. The van der Waals surface area contributed by atoms with Crippen LogP contribution in [0, 0.1) is 0 Å². The molecule has 64 valence electrons. The number of hydrogen-bond donors (Lipinski definition) is 0. The highest BCUT2D eigenvalue weighted by Crippen LogP contribution is 2.11. The summed E-state index contributed by atoms with van der Waals surface area (Å²) in [5, 5.41) is 0. The van der Waals surface area contributed by atoms with E-state index in [0.717, 1.165) is 0 Å². The lowest BCUT2D eigenvalue weighted by molar-refractivity contribution is 0.984. The Morgan fingerprint density at radius 1 is 1.64 bits per heavy atom. The van der Waals surface area contributed by atoms with Crippen molar-refractivity contribution >= 4 is 0 Å². The van der Waals surface area contributed by atoms with Crippen LogP contribution in [-0.2, 0) is 0 Å². The highest BCUT2D eigenvalue weighted by molar-refractivity contribution is 5.21. The summed E-state index contributed by atoms with van der Waals surface area (Å²) in [6.45, 7) is 7.45. The fraction of sp³-hybridized carbons (Fsp3) is 0.455. The summed E-state index contributed by atoms with van der Waals surface area (Å²) in [5.41, 5.74) is 1.50. The molecule has 0 atom stereocenters. The molecule has 0 aromatic heterocycles. The van der Waals surface area contributed by atoms with Crippen LogP contribution in [0.3, 0.4) is 0 Å². The van der Waals surface area contributed by atoms with Gasteiger partial charge in [0, 0.05) is 1.43 Å². The van der Waals surface area contributed by atoms with Crippen molar-refractivity contribution in [2.24, 2.45) is 0 Å². The summed E-state index contributed by atoms with van der Waals surface area (Å²) in [4.78, 5) is 0. The van der Waals surface area contributed by atoms with Gasteiger partial charge < -0.3 is 0 Å². The third kappa shape index (κ3) is 5.65. The van der Waals surface area contributed by atoms with E-state index in [-0.39, 0.29) is 1.43 Å². The van der Waals surface area contributed by atoms with E-state index in [1.165, 1.54) is 24.8 Å². The van der Waals surface area contributed by atoms with E-state index in [1.807, 2.05) is 6.92 Å². The first-order valence-electron chi connectivity index (χ1n) is 4.27. The van der Waals surface area contributed by atoms with E-state index >= 15 is 0 Å². The maximum atomic E-state index is 3.36. The monoisotopic (exact) mass is 152 g/mol. The predicted octanol–water partition coefficient (Wildman–Crippen LogP) is 4.11. The molecular weight excluding hydrogens is 132 g/mol. The van der Waals surface area contributed by atoms with Crippen molar-refractivity contribution in [1.29, 1.82) is 0 Å². The number of rotatable bonds is 1. The summed E-state index contributed by atoms with van der Waals surface area (Å²) in [5.74, 6) is 0. The van der Waals surface area contributed by atoms with Crippen LogP contribution in [0.5, 0.6) is 0 Å². The molecule has 0 aromatic rings. The van der Waals surface area contributed by atoms with E-state index in [9.17, 15) is 0 Å². The second-order valence-corrected chi connectivity index (χ2v) is 2.52. The van der Waals surface area contributed by atoms with Crippen LogP contribution in [-0.4, -0.2) is 0 Å². The van der Waals surface area contributed by atoms with E-state index in [4.69, 9.17) is 0 Å². The van der Waals surface area contributed by atoms with Crippen molar-refractivity contribution in [2.75, 3.05) is 0 Å². The third-order valence-electron chi connectivity index (χ3n) is 1.48. The van der Waals surface area contributed by atoms with Crippen LogP contribution in [0.4, 0.5) is 0 Å². The number of hydrogen-bond acceptors (Lipinski definition) is 0. The molecule has 0 saturated carbocycles. The van der Waals surface area contributed by atoms with Gasteiger partial charge in [-0.15, -0.1) is 6.58 Å². The molecule has 0 radical (unpaired) electrons. The average Bonchev–Trinajstić information content (AvgIpc) is 2.08. The van der Waals surface area contributed by atoms with Crippen LogP contribution in [0.25, 0.3) is 0 Å². The van der Waals surface area contributed by atoms with E-state index in [1.54, 1.807) is 6.08 Å². The number of allylic oxidation sites excluding steroid dienone is 5. The maximum absolute atomic E-state index is 3.36. The molecule has 1 aliphatic rings. The molecule has 11 heavy (non-hydrogen) atoms. The first kappa shape index (κ1) is 10.2. The molecule has 1 aliphatic carbocycles. The lowest BCUT2D eigenvalue weighted by Crippen LogP contribution is -1.80. The van der Waals surface area contributed by atoms with Gasteiger partial charge in [-0.3, -0.25) is 0 Å². The lowest BCUT2D eigenvalue weighted by Gasteiger charge is -2.01. The van der Waals surface area contributed by atoms with Crippen molar-refractivity contribution in [3.05, 3.63) is 36.5 Å². The minimum atomic E-state index is 0. The molecule has 0 fully saturated rings. The van der Waals surface area contributed by atoms with Gasteiger partial charge in [-0.05, 0) is 26.2 Å². The van der Waals surface area contributed by atoms with Gasteiger partial charge in [0.15, 0.2) is 0 Å². The normalized spacial score (nSPS) is 14.5. The second-order valence-electron chi connectivity index (χ2n) is 2.52. The summed E-state index contributed by atoms with van der Waals surface area (Å²) in [7, 11) is 0.